The number of pyridine rings is 1. The molecule has 0 atom stereocenters. The van der Waals surface area contributed by atoms with Crippen LogP contribution in [0.4, 0.5) is 4.79 Å². The lowest BCUT2D eigenvalue weighted by Gasteiger charge is -2.39. The maximum atomic E-state index is 13.0. The summed E-state index contributed by atoms with van der Waals surface area (Å²) >= 11 is 0. The van der Waals surface area contributed by atoms with E-state index >= 15 is 0 Å². The maximum absolute atomic E-state index is 13.0. The first-order valence-corrected chi connectivity index (χ1v) is 9.41. The van der Waals surface area contributed by atoms with Gasteiger partial charge in [0, 0.05) is 38.9 Å². The normalized spacial score (nSPS) is 22.9. The second-order valence-corrected chi connectivity index (χ2v) is 7.54. The summed E-state index contributed by atoms with van der Waals surface area (Å²) in [7, 11) is 0. The Kier molecular flexibility index (Phi) is 4.36. The predicted molar refractivity (Wildman–Crippen MR) is 93.7 cm³/mol. The number of piperidine rings is 1. The zero-order valence-corrected chi connectivity index (χ0v) is 14.7. The highest BCUT2D eigenvalue weighted by molar-refractivity contribution is 5.85. The molecule has 0 radical (unpaired) electrons. The molecule has 0 aliphatic carbocycles. The lowest BCUT2D eigenvalue weighted by molar-refractivity contribution is -0.138. The molecule has 0 bridgehead atoms. The van der Waals surface area contributed by atoms with Crippen LogP contribution in [0.5, 0.6) is 0 Å². The van der Waals surface area contributed by atoms with Crippen molar-refractivity contribution in [3.05, 3.63) is 30.1 Å². The zero-order chi connectivity index (χ0) is 17.3. The average Bonchev–Trinajstić information content (AvgIpc) is 3.28. The molecule has 3 amide bonds. The van der Waals surface area contributed by atoms with Gasteiger partial charge in [-0.2, -0.15) is 0 Å². The molecule has 1 aromatic heterocycles. The topological polar surface area (TPSA) is 56.8 Å². The first kappa shape index (κ1) is 16.4. The van der Waals surface area contributed by atoms with E-state index in [0.29, 0.717) is 19.6 Å². The van der Waals surface area contributed by atoms with E-state index in [0.717, 1.165) is 57.4 Å². The number of urea groups is 1. The third-order valence-corrected chi connectivity index (χ3v) is 6.05. The van der Waals surface area contributed by atoms with Crippen LogP contribution < -0.4 is 0 Å². The zero-order valence-electron chi connectivity index (χ0n) is 14.7. The quantitative estimate of drug-likeness (QED) is 0.827. The molecule has 0 N–H and O–H groups in total. The first-order valence-electron chi connectivity index (χ1n) is 9.41. The summed E-state index contributed by atoms with van der Waals surface area (Å²) in [6.45, 7) is 4.58. The van der Waals surface area contributed by atoms with Crippen molar-refractivity contribution in [3.8, 4) is 0 Å². The van der Waals surface area contributed by atoms with Gasteiger partial charge in [-0.3, -0.25) is 9.78 Å². The number of amides is 3. The second kappa shape index (κ2) is 6.65. The minimum absolute atomic E-state index is 0.170. The van der Waals surface area contributed by atoms with Gasteiger partial charge in [0.25, 0.3) is 0 Å². The van der Waals surface area contributed by atoms with E-state index in [4.69, 9.17) is 0 Å². The number of aromatic nitrogens is 1. The lowest BCUT2D eigenvalue weighted by Crippen LogP contribution is -2.50. The van der Waals surface area contributed by atoms with Gasteiger partial charge in [0.2, 0.25) is 5.91 Å². The molecular formula is C19H26N4O2. The molecule has 4 heterocycles. The number of rotatable bonds is 2. The standard InChI is InChI=1S/C19H26N4O2/c24-17-19(8-14-23(17)15-16-5-1-2-9-20-16)6-12-22(13-7-19)18(25)21-10-3-4-11-21/h1-2,5,9H,3-4,6-8,10-15H2. The van der Waals surface area contributed by atoms with Crippen molar-refractivity contribution in [1.29, 1.82) is 0 Å². The molecule has 134 valence electrons. The van der Waals surface area contributed by atoms with Crippen molar-refractivity contribution < 1.29 is 9.59 Å². The van der Waals surface area contributed by atoms with Crippen LogP contribution in [0.3, 0.4) is 0 Å². The minimum atomic E-state index is -0.253. The lowest BCUT2D eigenvalue weighted by atomic mass is 9.77. The van der Waals surface area contributed by atoms with E-state index in [-0.39, 0.29) is 17.4 Å². The molecule has 0 saturated carbocycles. The number of carbonyl (C=O) groups is 2. The highest BCUT2D eigenvalue weighted by Gasteiger charge is 2.48. The Hall–Kier alpha value is -2.11. The average molecular weight is 342 g/mol. The van der Waals surface area contributed by atoms with Crippen LogP contribution in [0.1, 0.15) is 37.8 Å². The smallest absolute Gasteiger partial charge is 0.319 e. The predicted octanol–water partition coefficient (Wildman–Crippen LogP) is 2.11. The van der Waals surface area contributed by atoms with Crippen LogP contribution in [0.15, 0.2) is 24.4 Å². The van der Waals surface area contributed by atoms with Crippen molar-refractivity contribution in [2.45, 2.75) is 38.6 Å². The fourth-order valence-electron chi connectivity index (χ4n) is 4.43. The summed E-state index contributed by atoms with van der Waals surface area (Å²) in [5.74, 6) is 0.256. The Balaban J connectivity index is 1.36. The van der Waals surface area contributed by atoms with Gasteiger partial charge in [-0.05, 0) is 44.2 Å². The molecule has 3 saturated heterocycles. The van der Waals surface area contributed by atoms with E-state index in [1.165, 1.54) is 0 Å². The third kappa shape index (κ3) is 3.10. The summed E-state index contributed by atoms with van der Waals surface area (Å²) in [5.41, 5.74) is 0.686. The van der Waals surface area contributed by atoms with E-state index in [2.05, 4.69) is 4.98 Å². The van der Waals surface area contributed by atoms with E-state index < -0.39 is 0 Å². The van der Waals surface area contributed by atoms with Crippen molar-refractivity contribution in [2.24, 2.45) is 5.41 Å². The van der Waals surface area contributed by atoms with Gasteiger partial charge >= 0.3 is 6.03 Å². The van der Waals surface area contributed by atoms with Gasteiger partial charge in [0.05, 0.1) is 17.7 Å². The van der Waals surface area contributed by atoms with Crippen LogP contribution in [-0.2, 0) is 11.3 Å². The number of likely N-dealkylation sites (tertiary alicyclic amines) is 3. The number of carbonyl (C=O) groups excluding carboxylic acids is 2. The Morgan fingerprint density at radius 1 is 1.00 bits per heavy atom. The van der Waals surface area contributed by atoms with Crippen molar-refractivity contribution in [3.63, 3.8) is 0 Å². The molecule has 6 heteroatoms. The number of hydrogen-bond donors (Lipinski definition) is 0. The summed E-state index contributed by atoms with van der Waals surface area (Å²) in [4.78, 5) is 35.7. The van der Waals surface area contributed by atoms with Crippen LogP contribution in [0, 0.1) is 5.41 Å². The van der Waals surface area contributed by atoms with Crippen LogP contribution in [0.25, 0.3) is 0 Å². The molecule has 25 heavy (non-hydrogen) atoms. The van der Waals surface area contributed by atoms with E-state index in [9.17, 15) is 9.59 Å². The largest absolute Gasteiger partial charge is 0.336 e. The Morgan fingerprint density at radius 3 is 2.36 bits per heavy atom. The van der Waals surface area contributed by atoms with Gasteiger partial charge in [0.15, 0.2) is 0 Å². The number of nitrogens with zero attached hydrogens (tertiary/aromatic N) is 4. The highest BCUT2D eigenvalue weighted by Crippen LogP contribution is 2.42. The van der Waals surface area contributed by atoms with Gasteiger partial charge in [0.1, 0.15) is 0 Å². The Bertz CT molecular complexity index is 634. The molecule has 1 aromatic rings. The molecule has 4 rings (SSSR count). The van der Waals surface area contributed by atoms with Gasteiger partial charge in [-0.25, -0.2) is 4.79 Å². The molecule has 6 nitrogen and oxygen atoms in total. The maximum Gasteiger partial charge on any atom is 0.319 e. The van der Waals surface area contributed by atoms with Crippen LogP contribution in [-0.4, -0.2) is 64.3 Å². The first-order chi connectivity index (χ1) is 12.2. The molecule has 0 aromatic carbocycles. The summed E-state index contributed by atoms with van der Waals surface area (Å²) in [6.07, 6.45) is 6.50. The van der Waals surface area contributed by atoms with Crippen molar-refractivity contribution in [2.75, 3.05) is 32.7 Å². The highest BCUT2D eigenvalue weighted by atomic mass is 16.2. The Morgan fingerprint density at radius 2 is 1.68 bits per heavy atom. The second-order valence-electron chi connectivity index (χ2n) is 7.54. The van der Waals surface area contributed by atoms with Crippen LogP contribution in [0.2, 0.25) is 0 Å². The molecular weight excluding hydrogens is 316 g/mol. The minimum Gasteiger partial charge on any atom is -0.336 e. The summed E-state index contributed by atoms with van der Waals surface area (Å²) in [5, 5.41) is 0. The van der Waals surface area contributed by atoms with Crippen LogP contribution >= 0.6 is 0 Å². The van der Waals surface area contributed by atoms with Crippen molar-refractivity contribution in [1.82, 2.24) is 19.7 Å². The Labute approximate surface area is 148 Å². The van der Waals surface area contributed by atoms with Gasteiger partial charge < -0.3 is 14.7 Å². The van der Waals surface area contributed by atoms with E-state index in [1.807, 2.05) is 32.9 Å². The van der Waals surface area contributed by atoms with Gasteiger partial charge in [-0.15, -0.1) is 0 Å². The third-order valence-electron chi connectivity index (χ3n) is 6.05. The monoisotopic (exact) mass is 342 g/mol. The number of hydrogen-bond acceptors (Lipinski definition) is 3. The summed E-state index contributed by atoms with van der Waals surface area (Å²) < 4.78 is 0. The molecule has 3 aliphatic rings. The summed E-state index contributed by atoms with van der Waals surface area (Å²) in [6, 6.07) is 5.99. The molecule has 0 unspecified atom stereocenters. The molecule has 1 spiro atoms. The van der Waals surface area contributed by atoms with Crippen molar-refractivity contribution >= 4 is 11.9 Å². The van der Waals surface area contributed by atoms with E-state index in [1.54, 1.807) is 6.20 Å². The SMILES string of the molecule is O=C(N1CCCC1)N1CCC2(CC1)CCN(Cc1ccccn1)C2=O. The molecule has 3 aliphatic heterocycles. The van der Waals surface area contributed by atoms with Gasteiger partial charge in [-0.1, -0.05) is 6.07 Å². The fraction of sp³-hybridized carbons (Fsp3) is 0.632. The molecule has 3 fully saturated rings. The fourth-order valence-corrected chi connectivity index (χ4v) is 4.43.